The number of anilines is 1. The zero-order valence-electron chi connectivity index (χ0n) is 19.1. The van der Waals surface area contributed by atoms with Gasteiger partial charge in [-0.1, -0.05) is 19.1 Å². The minimum atomic E-state index is -3.57. The summed E-state index contributed by atoms with van der Waals surface area (Å²) in [4.78, 5) is 24.7. The van der Waals surface area contributed by atoms with E-state index in [1.54, 1.807) is 32.0 Å². The van der Waals surface area contributed by atoms with Gasteiger partial charge < -0.3 is 14.8 Å². The number of carbonyl (C=O) groups is 2. The van der Waals surface area contributed by atoms with Crippen LogP contribution >= 0.6 is 0 Å². The van der Waals surface area contributed by atoms with Crippen molar-refractivity contribution in [1.82, 2.24) is 4.72 Å². The number of rotatable bonds is 11. The molecule has 1 aliphatic carbocycles. The van der Waals surface area contributed by atoms with Gasteiger partial charge >= 0.3 is 5.97 Å². The van der Waals surface area contributed by atoms with Gasteiger partial charge in [0, 0.05) is 12.2 Å². The standard InChI is InChI=1S/C24H30N2O6S/c1-4-14-25-33(29,30)20-10-11-21(17(3)15-20)32-16-22(27)26-19-8-6-18(7-9-19)24(12-13-24)23(28)31-5-2/h6-11,15,25H,4-5,12-14,16H2,1-3H3,(H,26,27). The Kier molecular flexibility index (Phi) is 7.76. The first kappa shape index (κ1) is 24.7. The number of ether oxygens (including phenoxy) is 2. The highest BCUT2D eigenvalue weighted by Gasteiger charge is 2.52. The molecule has 2 N–H and O–H groups in total. The first-order valence-corrected chi connectivity index (χ1v) is 12.5. The normalized spacial score (nSPS) is 14.4. The Morgan fingerprint density at radius 1 is 1.06 bits per heavy atom. The highest BCUT2D eigenvalue weighted by molar-refractivity contribution is 7.89. The van der Waals surface area contributed by atoms with E-state index in [2.05, 4.69) is 10.0 Å². The van der Waals surface area contributed by atoms with Crippen LogP contribution in [0.2, 0.25) is 0 Å². The molecule has 0 atom stereocenters. The highest BCUT2D eigenvalue weighted by atomic mass is 32.2. The van der Waals surface area contributed by atoms with Crippen LogP contribution in [-0.4, -0.2) is 40.1 Å². The van der Waals surface area contributed by atoms with Crippen LogP contribution in [0.3, 0.4) is 0 Å². The first-order valence-electron chi connectivity index (χ1n) is 11.0. The van der Waals surface area contributed by atoms with E-state index >= 15 is 0 Å². The topological polar surface area (TPSA) is 111 Å². The minimum absolute atomic E-state index is 0.154. The zero-order valence-corrected chi connectivity index (χ0v) is 20.0. The van der Waals surface area contributed by atoms with Crippen LogP contribution < -0.4 is 14.8 Å². The van der Waals surface area contributed by atoms with Crippen LogP contribution in [0.25, 0.3) is 0 Å². The van der Waals surface area contributed by atoms with Gasteiger partial charge in [-0.2, -0.15) is 0 Å². The lowest BCUT2D eigenvalue weighted by molar-refractivity contribution is -0.146. The van der Waals surface area contributed by atoms with Gasteiger partial charge in [-0.05, 0) is 74.6 Å². The predicted molar refractivity (Wildman–Crippen MR) is 125 cm³/mol. The second kappa shape index (κ2) is 10.4. The maximum absolute atomic E-state index is 12.3. The van der Waals surface area contributed by atoms with E-state index in [4.69, 9.17) is 9.47 Å². The van der Waals surface area contributed by atoms with Crippen LogP contribution in [0.1, 0.15) is 44.2 Å². The van der Waals surface area contributed by atoms with Gasteiger partial charge in [-0.15, -0.1) is 0 Å². The van der Waals surface area contributed by atoms with Crippen molar-refractivity contribution in [1.29, 1.82) is 0 Å². The van der Waals surface area contributed by atoms with Gasteiger partial charge in [-0.3, -0.25) is 9.59 Å². The molecule has 1 saturated carbocycles. The molecule has 1 fully saturated rings. The number of aryl methyl sites for hydroxylation is 1. The Morgan fingerprint density at radius 3 is 2.33 bits per heavy atom. The van der Waals surface area contributed by atoms with Gasteiger partial charge in [0.1, 0.15) is 5.75 Å². The average molecular weight is 475 g/mol. The number of nitrogens with one attached hydrogen (secondary N) is 2. The molecule has 8 nitrogen and oxygen atoms in total. The molecule has 0 aliphatic heterocycles. The molecule has 0 unspecified atom stereocenters. The molecule has 1 amide bonds. The molecule has 3 rings (SSSR count). The summed E-state index contributed by atoms with van der Waals surface area (Å²) in [6.45, 7) is 5.89. The van der Waals surface area contributed by atoms with Crippen molar-refractivity contribution in [2.24, 2.45) is 0 Å². The number of hydrogen-bond donors (Lipinski definition) is 2. The van der Waals surface area contributed by atoms with Gasteiger partial charge in [0.25, 0.3) is 5.91 Å². The Balaban J connectivity index is 1.56. The fraction of sp³-hybridized carbons (Fsp3) is 0.417. The Bertz CT molecular complexity index is 1110. The molecule has 0 saturated heterocycles. The number of hydrogen-bond acceptors (Lipinski definition) is 6. The second-order valence-electron chi connectivity index (χ2n) is 8.04. The Morgan fingerprint density at radius 2 is 1.76 bits per heavy atom. The Labute approximate surface area is 194 Å². The molecule has 178 valence electrons. The van der Waals surface area contributed by atoms with Crippen molar-refractivity contribution < 1.29 is 27.5 Å². The summed E-state index contributed by atoms with van der Waals surface area (Å²) in [6, 6.07) is 11.7. The van der Waals surface area contributed by atoms with Gasteiger partial charge in [-0.25, -0.2) is 13.1 Å². The number of amides is 1. The van der Waals surface area contributed by atoms with E-state index in [1.165, 1.54) is 12.1 Å². The summed E-state index contributed by atoms with van der Waals surface area (Å²) >= 11 is 0. The van der Waals surface area contributed by atoms with Gasteiger partial charge in [0.15, 0.2) is 6.61 Å². The summed E-state index contributed by atoms with van der Waals surface area (Å²) in [6.07, 6.45) is 2.22. The largest absolute Gasteiger partial charge is 0.483 e. The third-order valence-electron chi connectivity index (χ3n) is 5.49. The van der Waals surface area contributed by atoms with Crippen LogP contribution in [0, 0.1) is 6.92 Å². The Hall–Kier alpha value is -2.91. The lowest BCUT2D eigenvalue weighted by Crippen LogP contribution is -2.24. The molecule has 9 heteroatoms. The van der Waals surface area contributed by atoms with Crippen LogP contribution in [-0.2, 0) is 29.8 Å². The molecule has 0 aromatic heterocycles. The van der Waals surface area contributed by atoms with Crippen LogP contribution in [0.5, 0.6) is 5.75 Å². The summed E-state index contributed by atoms with van der Waals surface area (Å²) in [5, 5.41) is 2.76. The van der Waals surface area contributed by atoms with Gasteiger partial charge in [0.05, 0.1) is 16.9 Å². The molecule has 2 aromatic rings. The van der Waals surface area contributed by atoms with E-state index in [1.807, 2.05) is 19.1 Å². The molecule has 0 radical (unpaired) electrons. The van der Waals surface area contributed by atoms with Crippen LogP contribution in [0.15, 0.2) is 47.4 Å². The molecule has 1 aliphatic rings. The third-order valence-corrected chi connectivity index (χ3v) is 6.95. The molecular formula is C24H30N2O6S. The fourth-order valence-electron chi connectivity index (χ4n) is 3.49. The fourth-order valence-corrected chi connectivity index (χ4v) is 4.71. The van der Waals surface area contributed by atoms with E-state index < -0.39 is 15.4 Å². The average Bonchev–Trinajstić information content (AvgIpc) is 3.60. The van der Waals surface area contributed by atoms with E-state index in [-0.39, 0.29) is 23.4 Å². The molecule has 0 bridgehead atoms. The van der Waals surface area contributed by atoms with E-state index in [0.29, 0.717) is 36.6 Å². The lowest BCUT2D eigenvalue weighted by Gasteiger charge is -2.15. The summed E-state index contributed by atoms with van der Waals surface area (Å²) in [5.74, 6) is -0.124. The first-order chi connectivity index (χ1) is 15.7. The lowest BCUT2D eigenvalue weighted by atomic mass is 9.96. The van der Waals surface area contributed by atoms with Crippen molar-refractivity contribution in [3.05, 3.63) is 53.6 Å². The maximum Gasteiger partial charge on any atom is 0.316 e. The van der Waals surface area contributed by atoms with Crippen molar-refractivity contribution in [3.8, 4) is 5.75 Å². The number of sulfonamides is 1. The van der Waals surface area contributed by atoms with Gasteiger partial charge in [0.2, 0.25) is 10.0 Å². The third kappa shape index (κ3) is 5.91. The smallest absolute Gasteiger partial charge is 0.316 e. The molecule has 0 spiro atoms. The van der Waals surface area contributed by atoms with E-state index in [0.717, 1.165) is 18.4 Å². The van der Waals surface area contributed by atoms with Crippen LogP contribution in [0.4, 0.5) is 5.69 Å². The van der Waals surface area contributed by atoms with Crippen molar-refractivity contribution in [2.75, 3.05) is 25.1 Å². The summed E-state index contributed by atoms with van der Waals surface area (Å²) < 4.78 is 37.8. The predicted octanol–water partition coefficient (Wildman–Crippen LogP) is 3.30. The number of carbonyl (C=O) groups excluding carboxylic acids is 2. The zero-order chi connectivity index (χ0) is 24.1. The second-order valence-corrected chi connectivity index (χ2v) is 9.81. The maximum atomic E-state index is 12.3. The molecule has 33 heavy (non-hydrogen) atoms. The summed E-state index contributed by atoms with van der Waals surface area (Å²) in [7, 11) is -3.57. The van der Waals surface area contributed by atoms with Crippen molar-refractivity contribution in [2.45, 2.75) is 50.3 Å². The quantitative estimate of drug-likeness (QED) is 0.484. The number of esters is 1. The van der Waals surface area contributed by atoms with Crippen molar-refractivity contribution in [3.63, 3.8) is 0 Å². The number of benzene rings is 2. The minimum Gasteiger partial charge on any atom is -0.483 e. The SMILES string of the molecule is CCCNS(=O)(=O)c1ccc(OCC(=O)Nc2ccc(C3(C(=O)OCC)CC3)cc2)c(C)c1. The molecule has 2 aromatic carbocycles. The van der Waals surface area contributed by atoms with E-state index in [9.17, 15) is 18.0 Å². The molecule has 0 heterocycles. The monoisotopic (exact) mass is 474 g/mol. The highest BCUT2D eigenvalue weighted by Crippen LogP contribution is 2.49. The van der Waals surface area contributed by atoms with Crippen molar-refractivity contribution >= 4 is 27.6 Å². The molecular weight excluding hydrogens is 444 g/mol. The summed E-state index contributed by atoms with van der Waals surface area (Å²) in [5.41, 5.74) is 1.53.